The lowest BCUT2D eigenvalue weighted by Crippen LogP contribution is -2.47. The maximum Gasteiger partial charge on any atom is 0.317 e. The Hall–Kier alpha value is -4.48. The summed E-state index contributed by atoms with van der Waals surface area (Å²) in [6.45, 7) is 6.97. The fourth-order valence-corrected chi connectivity index (χ4v) is 11.9. The minimum atomic E-state index is -3.80. The number of hydrogen-bond donors (Lipinski definition) is 4. The number of urea groups is 2. The number of rotatable bonds is 12. The van der Waals surface area contributed by atoms with Crippen molar-refractivity contribution in [1.82, 2.24) is 34.5 Å². The normalized spacial score (nSPS) is 20.1. The molecule has 0 bridgehead atoms. The lowest BCUT2D eigenvalue weighted by molar-refractivity contribution is 0.103. The number of aliphatic hydroxyl groups is 2. The van der Waals surface area contributed by atoms with Gasteiger partial charge in [0, 0.05) is 96.9 Å². The molecule has 4 N–H and O–H groups in total. The summed E-state index contributed by atoms with van der Waals surface area (Å²) < 4.78 is 29.2. The zero-order chi connectivity index (χ0) is 43.8. The van der Waals surface area contributed by atoms with E-state index in [0.29, 0.717) is 45.7 Å². The molecule has 0 spiro atoms. The van der Waals surface area contributed by atoms with E-state index in [1.54, 1.807) is 17.0 Å². The summed E-state index contributed by atoms with van der Waals surface area (Å²) in [4.78, 5) is 34.7. The predicted molar refractivity (Wildman–Crippen MR) is 248 cm³/mol. The second-order valence-electron chi connectivity index (χ2n) is 17.2. The number of carbonyl (C=O) groups is 2. The summed E-state index contributed by atoms with van der Waals surface area (Å²) in [5.74, 6) is 0.918. The van der Waals surface area contributed by atoms with Crippen molar-refractivity contribution < 1.29 is 28.2 Å². The number of aliphatic hydroxyl groups excluding tert-OH is 2. The molecule has 63 heavy (non-hydrogen) atoms. The van der Waals surface area contributed by atoms with Crippen LogP contribution in [0.4, 0.5) is 9.59 Å². The molecule has 0 saturated carbocycles. The number of thioether (sulfide) groups is 1. The second kappa shape index (κ2) is 21.0. The molecule has 3 atom stereocenters. The van der Waals surface area contributed by atoms with Gasteiger partial charge in [0.15, 0.2) is 0 Å². The van der Waals surface area contributed by atoms with E-state index in [2.05, 4.69) is 75.0 Å². The van der Waals surface area contributed by atoms with Gasteiger partial charge in [-0.3, -0.25) is 9.80 Å². The lowest BCUT2D eigenvalue weighted by Gasteiger charge is -2.31. The molecule has 4 amide bonds. The Morgan fingerprint density at radius 1 is 0.635 bits per heavy atom. The third-order valence-electron chi connectivity index (χ3n) is 12.7. The van der Waals surface area contributed by atoms with Crippen molar-refractivity contribution in [1.29, 1.82) is 0 Å². The van der Waals surface area contributed by atoms with E-state index in [9.17, 15) is 28.2 Å². The van der Waals surface area contributed by atoms with E-state index in [4.69, 9.17) is 0 Å². The van der Waals surface area contributed by atoms with Crippen LogP contribution >= 0.6 is 11.8 Å². The van der Waals surface area contributed by atoms with Gasteiger partial charge in [-0.15, -0.1) is 0 Å². The molecule has 13 nitrogen and oxygen atoms in total. The standard InChI is InChI=1S/C48H61N7O6S2/c56-43(33-51-23-18-36-8-1-3-10-41(36)31-51)29-49-47(58)53-20-6-22-55(26-25-53)63(60,61)45-16-14-38(15-17-45)39-12-5-13-40(28-39)46-35-54(21-7-27-62-46)48(59)50-30-44(57)34-52-24-19-37-9-2-4-11-42(37)32-52/h1-5,8-17,28,43-44,46,56-57H,6-7,18-27,29-35H2,(H,49,58)(H,50,59)/t43-,44-,46?/m0/s1. The summed E-state index contributed by atoms with van der Waals surface area (Å²) in [5, 5.41) is 27.5. The van der Waals surface area contributed by atoms with Gasteiger partial charge in [0.2, 0.25) is 10.0 Å². The molecule has 4 aliphatic heterocycles. The van der Waals surface area contributed by atoms with Gasteiger partial charge < -0.3 is 30.6 Å². The molecule has 0 radical (unpaired) electrons. The number of hydrogen-bond acceptors (Lipinski definition) is 9. The highest BCUT2D eigenvalue weighted by atomic mass is 32.2. The van der Waals surface area contributed by atoms with Crippen molar-refractivity contribution in [3.63, 3.8) is 0 Å². The fourth-order valence-electron chi connectivity index (χ4n) is 9.21. The summed E-state index contributed by atoms with van der Waals surface area (Å²) in [7, 11) is -3.80. The zero-order valence-electron chi connectivity index (χ0n) is 36.0. The Bertz CT molecular complexity index is 2300. The van der Waals surface area contributed by atoms with Crippen LogP contribution in [-0.2, 0) is 36.0 Å². The highest BCUT2D eigenvalue weighted by Crippen LogP contribution is 2.35. The van der Waals surface area contributed by atoms with Crippen molar-refractivity contribution in [2.45, 2.75) is 61.1 Å². The Balaban J connectivity index is 0.803. The molecule has 1 unspecified atom stereocenters. The molecule has 0 aromatic heterocycles. The van der Waals surface area contributed by atoms with Crippen molar-refractivity contribution in [3.8, 4) is 11.1 Å². The second-order valence-corrected chi connectivity index (χ2v) is 20.5. The van der Waals surface area contributed by atoms with Crippen molar-refractivity contribution >= 4 is 33.8 Å². The van der Waals surface area contributed by atoms with Gasteiger partial charge in [-0.1, -0.05) is 78.9 Å². The molecule has 8 rings (SSSR count). The molecule has 2 fully saturated rings. The summed E-state index contributed by atoms with van der Waals surface area (Å²) in [6.07, 6.45) is 1.90. The van der Waals surface area contributed by atoms with Crippen LogP contribution in [0.3, 0.4) is 0 Å². The Morgan fingerprint density at radius 2 is 1.22 bits per heavy atom. The maximum atomic E-state index is 13.9. The molecule has 4 heterocycles. The average molecular weight is 896 g/mol. The predicted octanol–water partition coefficient (Wildman–Crippen LogP) is 4.79. The fraction of sp³-hybridized carbons (Fsp3) is 0.458. The first-order valence-corrected chi connectivity index (χ1v) is 24.9. The first kappa shape index (κ1) is 45.1. The third-order valence-corrected chi connectivity index (χ3v) is 16.0. The van der Waals surface area contributed by atoms with E-state index < -0.39 is 22.2 Å². The van der Waals surface area contributed by atoms with E-state index in [-0.39, 0.29) is 48.4 Å². The van der Waals surface area contributed by atoms with Crippen molar-refractivity contribution in [2.24, 2.45) is 0 Å². The smallest absolute Gasteiger partial charge is 0.317 e. The number of β-amino-alcohol motifs (C(OH)–C–C–N with tert-alkyl or cyclic N) is 2. The van der Waals surface area contributed by atoms with Gasteiger partial charge in [-0.05, 0) is 88.6 Å². The van der Waals surface area contributed by atoms with Gasteiger partial charge >= 0.3 is 12.1 Å². The first-order valence-electron chi connectivity index (χ1n) is 22.4. The largest absolute Gasteiger partial charge is 0.390 e. The van der Waals surface area contributed by atoms with Gasteiger partial charge in [-0.25, -0.2) is 18.0 Å². The van der Waals surface area contributed by atoms with Crippen LogP contribution in [0.2, 0.25) is 0 Å². The molecule has 0 aliphatic carbocycles. The van der Waals surface area contributed by atoms with Crippen molar-refractivity contribution in [2.75, 3.05) is 84.3 Å². The SMILES string of the molecule is O=C(NC[C@H](O)CN1CCc2ccccc2C1)N1CCCN(S(=O)(=O)c2ccc(-c3cccc(C4CN(C(=O)NC[C@H](O)CN5CCc6ccccc6C5)CCCS4)c3)cc2)CC1. The van der Waals surface area contributed by atoms with Crippen molar-refractivity contribution in [3.05, 3.63) is 125 Å². The minimum absolute atomic E-state index is 0.0595. The topological polar surface area (TPSA) is 149 Å². The third kappa shape index (κ3) is 11.6. The van der Waals surface area contributed by atoms with Crippen LogP contribution in [0.5, 0.6) is 0 Å². The Labute approximate surface area is 376 Å². The van der Waals surface area contributed by atoms with E-state index >= 15 is 0 Å². The monoisotopic (exact) mass is 895 g/mol. The molecular weight excluding hydrogens is 835 g/mol. The Morgan fingerprint density at radius 3 is 1.86 bits per heavy atom. The minimum Gasteiger partial charge on any atom is -0.390 e. The van der Waals surface area contributed by atoms with Crippen LogP contribution < -0.4 is 10.6 Å². The van der Waals surface area contributed by atoms with Gasteiger partial charge in [0.1, 0.15) is 0 Å². The van der Waals surface area contributed by atoms with Crippen LogP contribution in [0.1, 0.15) is 45.9 Å². The highest BCUT2D eigenvalue weighted by molar-refractivity contribution is 7.99. The van der Waals surface area contributed by atoms with Crippen LogP contribution in [0.25, 0.3) is 11.1 Å². The number of nitrogens with zero attached hydrogens (tertiary/aromatic N) is 5. The number of benzene rings is 4. The molecule has 15 heteroatoms. The molecule has 4 aromatic rings. The van der Waals surface area contributed by atoms with E-state index in [1.807, 2.05) is 47.0 Å². The number of sulfonamides is 1. The number of amides is 4. The quantitative estimate of drug-likeness (QED) is 0.158. The molecule has 4 aromatic carbocycles. The van der Waals surface area contributed by atoms with Gasteiger partial charge in [-0.2, -0.15) is 16.1 Å². The molecular formula is C48H61N7O6S2. The molecule has 336 valence electrons. The zero-order valence-corrected chi connectivity index (χ0v) is 37.6. The summed E-state index contributed by atoms with van der Waals surface area (Å²) >= 11 is 1.83. The number of carbonyl (C=O) groups excluding carboxylic acids is 2. The van der Waals surface area contributed by atoms with Crippen LogP contribution in [-0.4, -0.2) is 151 Å². The van der Waals surface area contributed by atoms with Gasteiger partial charge in [0.25, 0.3) is 0 Å². The van der Waals surface area contributed by atoms with Gasteiger partial charge in [0.05, 0.1) is 17.1 Å². The number of nitrogens with one attached hydrogen (secondary N) is 2. The number of fused-ring (bicyclic) bond motifs is 2. The lowest BCUT2D eigenvalue weighted by atomic mass is 10.00. The van der Waals surface area contributed by atoms with Crippen LogP contribution in [0.15, 0.2) is 102 Å². The maximum absolute atomic E-state index is 13.9. The highest BCUT2D eigenvalue weighted by Gasteiger charge is 2.30. The molecule has 4 aliphatic rings. The first-order chi connectivity index (χ1) is 30.6. The van der Waals surface area contributed by atoms with E-state index in [0.717, 1.165) is 67.9 Å². The van der Waals surface area contributed by atoms with Crippen LogP contribution in [0, 0.1) is 0 Å². The molecule has 2 saturated heterocycles. The Kier molecular flexibility index (Phi) is 15.0. The van der Waals surface area contributed by atoms with E-state index in [1.165, 1.54) is 26.6 Å². The summed E-state index contributed by atoms with van der Waals surface area (Å²) in [5.41, 5.74) is 8.24. The summed E-state index contributed by atoms with van der Waals surface area (Å²) in [6, 6.07) is 31.5. The average Bonchev–Trinajstić information content (AvgIpc) is 3.73.